The second-order valence-corrected chi connectivity index (χ2v) is 9.72. The molecule has 8 rings (SSSR count). The Labute approximate surface area is 230 Å². The number of aromatic nitrogens is 4. The van der Waals surface area contributed by atoms with Gasteiger partial charge >= 0.3 is 0 Å². The van der Waals surface area contributed by atoms with E-state index in [2.05, 4.69) is 59.2 Å². The maximum atomic E-state index is 6.44. The first kappa shape index (κ1) is 22.4. The number of fused-ring (bicyclic) bond motifs is 4. The average Bonchev–Trinajstić information content (AvgIpc) is 3.61. The van der Waals surface area contributed by atoms with Crippen molar-refractivity contribution in [3.63, 3.8) is 0 Å². The van der Waals surface area contributed by atoms with E-state index in [0.29, 0.717) is 5.82 Å². The first-order chi connectivity index (χ1) is 19.8. The van der Waals surface area contributed by atoms with E-state index in [1.54, 1.807) is 0 Å². The molecule has 0 saturated carbocycles. The Morgan fingerprint density at radius 1 is 0.575 bits per heavy atom. The van der Waals surface area contributed by atoms with Crippen molar-refractivity contribution < 1.29 is 4.42 Å². The molecule has 0 radical (unpaired) electrons. The minimum Gasteiger partial charge on any atom is -0.455 e. The van der Waals surface area contributed by atoms with E-state index in [-0.39, 0.29) is 0 Å². The highest BCUT2D eigenvalue weighted by Gasteiger charge is 2.18. The summed E-state index contributed by atoms with van der Waals surface area (Å²) in [5, 5.41) is 2.14. The Morgan fingerprint density at radius 2 is 1.27 bits per heavy atom. The lowest BCUT2D eigenvalue weighted by Crippen LogP contribution is -1.99. The summed E-state index contributed by atoms with van der Waals surface area (Å²) in [6, 6.07) is 41.2. The van der Waals surface area contributed by atoms with Crippen LogP contribution in [-0.2, 0) is 0 Å². The number of benzene rings is 5. The van der Waals surface area contributed by atoms with Gasteiger partial charge in [0.15, 0.2) is 5.82 Å². The highest BCUT2D eigenvalue weighted by Crippen LogP contribution is 2.40. The summed E-state index contributed by atoms with van der Waals surface area (Å²) in [4.78, 5) is 14.6. The predicted molar refractivity (Wildman–Crippen MR) is 160 cm³/mol. The van der Waals surface area contributed by atoms with Gasteiger partial charge in [-0.25, -0.2) is 15.0 Å². The third-order valence-electron chi connectivity index (χ3n) is 7.33. The summed E-state index contributed by atoms with van der Waals surface area (Å²) in [5.74, 6) is 1.41. The molecule has 0 aliphatic heterocycles. The van der Waals surface area contributed by atoms with Crippen LogP contribution in [0.2, 0.25) is 0 Å². The van der Waals surface area contributed by atoms with Gasteiger partial charge in [-0.1, -0.05) is 84.9 Å². The number of hydrogen-bond acceptors (Lipinski definition) is 4. The molecular formula is C35H22N4O. The lowest BCUT2D eigenvalue weighted by molar-refractivity contribution is 0.669. The third-order valence-corrected chi connectivity index (χ3v) is 7.33. The normalized spacial score (nSPS) is 11.5. The largest absolute Gasteiger partial charge is 0.455 e. The number of nitrogens with zero attached hydrogens (tertiary/aromatic N) is 4. The molecule has 0 aliphatic carbocycles. The zero-order valence-electron chi connectivity index (χ0n) is 21.4. The van der Waals surface area contributed by atoms with Crippen LogP contribution in [0.4, 0.5) is 0 Å². The highest BCUT2D eigenvalue weighted by atomic mass is 16.3. The van der Waals surface area contributed by atoms with Crippen LogP contribution in [0, 0.1) is 0 Å². The van der Waals surface area contributed by atoms with E-state index in [4.69, 9.17) is 19.4 Å². The summed E-state index contributed by atoms with van der Waals surface area (Å²) in [6.45, 7) is 0. The topological polar surface area (TPSA) is 56.7 Å². The van der Waals surface area contributed by atoms with Gasteiger partial charge in [0.05, 0.1) is 22.2 Å². The van der Waals surface area contributed by atoms with Crippen LogP contribution in [0.25, 0.3) is 72.6 Å². The lowest BCUT2D eigenvalue weighted by Gasteiger charge is -2.09. The first-order valence-corrected chi connectivity index (χ1v) is 13.2. The molecule has 0 bridgehead atoms. The standard InChI is InChI=1S/C35H22N4O/c1-3-11-23(12-4-1)26-15-10-20-31-32(26)27-16-9-17-28(33(27)40-31)34-36-21-24(22-37-34)35-38-29-18-7-8-19-30(29)39(35)25-13-5-2-6-14-25/h1-22H. The Balaban J connectivity index is 1.27. The lowest BCUT2D eigenvalue weighted by atomic mass is 9.99. The van der Waals surface area contributed by atoms with E-state index in [1.165, 1.54) is 0 Å². The molecule has 0 saturated heterocycles. The van der Waals surface area contributed by atoms with Gasteiger partial charge in [0, 0.05) is 28.9 Å². The second kappa shape index (κ2) is 9.03. The molecule has 8 aromatic rings. The molecule has 5 nitrogen and oxygen atoms in total. The number of para-hydroxylation sites is 4. The van der Waals surface area contributed by atoms with Gasteiger partial charge in [0.2, 0.25) is 0 Å². The van der Waals surface area contributed by atoms with Crippen molar-refractivity contribution in [1.29, 1.82) is 0 Å². The summed E-state index contributed by atoms with van der Waals surface area (Å²) >= 11 is 0. The zero-order chi connectivity index (χ0) is 26.5. The number of rotatable bonds is 4. The van der Waals surface area contributed by atoms with Crippen LogP contribution >= 0.6 is 0 Å². The van der Waals surface area contributed by atoms with Crippen molar-refractivity contribution in [2.45, 2.75) is 0 Å². The summed E-state index contributed by atoms with van der Waals surface area (Å²) in [6.07, 6.45) is 3.69. The molecule has 0 spiro atoms. The molecule has 188 valence electrons. The molecule has 40 heavy (non-hydrogen) atoms. The SMILES string of the molecule is c1ccc(-c2cccc3oc4c(-c5ncc(-c6nc7ccccc7n6-c6ccccc6)cn5)cccc4c23)cc1. The van der Waals surface area contributed by atoms with Crippen molar-refractivity contribution in [3.8, 4) is 39.6 Å². The number of furan rings is 1. The second-order valence-electron chi connectivity index (χ2n) is 9.72. The van der Waals surface area contributed by atoms with Gasteiger partial charge in [0.1, 0.15) is 17.0 Å². The molecule has 5 heteroatoms. The van der Waals surface area contributed by atoms with Gasteiger partial charge in [0.25, 0.3) is 0 Å². The van der Waals surface area contributed by atoms with Crippen LogP contribution in [0.3, 0.4) is 0 Å². The molecule has 3 aromatic heterocycles. The molecular weight excluding hydrogens is 492 g/mol. The molecule has 0 unspecified atom stereocenters. The number of hydrogen-bond donors (Lipinski definition) is 0. The van der Waals surface area contributed by atoms with Crippen molar-refractivity contribution in [1.82, 2.24) is 19.5 Å². The highest BCUT2D eigenvalue weighted by molar-refractivity contribution is 6.15. The van der Waals surface area contributed by atoms with E-state index < -0.39 is 0 Å². The van der Waals surface area contributed by atoms with E-state index >= 15 is 0 Å². The van der Waals surface area contributed by atoms with Gasteiger partial charge in [-0.15, -0.1) is 0 Å². The first-order valence-electron chi connectivity index (χ1n) is 13.2. The fourth-order valence-electron chi connectivity index (χ4n) is 5.52. The van der Waals surface area contributed by atoms with E-state index in [9.17, 15) is 0 Å². The molecule has 0 amide bonds. The van der Waals surface area contributed by atoms with Crippen LogP contribution < -0.4 is 0 Å². The molecule has 5 aromatic carbocycles. The van der Waals surface area contributed by atoms with Crippen molar-refractivity contribution >= 4 is 33.0 Å². The van der Waals surface area contributed by atoms with Gasteiger partial charge in [-0.3, -0.25) is 4.57 Å². The summed E-state index contributed by atoms with van der Waals surface area (Å²) in [7, 11) is 0. The summed E-state index contributed by atoms with van der Waals surface area (Å²) < 4.78 is 8.59. The molecule has 0 N–H and O–H groups in total. The van der Waals surface area contributed by atoms with Crippen LogP contribution in [0.15, 0.2) is 138 Å². The minimum absolute atomic E-state index is 0.608. The minimum atomic E-state index is 0.608. The Bertz CT molecular complexity index is 2140. The van der Waals surface area contributed by atoms with E-state index in [1.807, 2.05) is 79.1 Å². The monoisotopic (exact) mass is 514 g/mol. The fourth-order valence-corrected chi connectivity index (χ4v) is 5.52. The Kier molecular flexibility index (Phi) is 5.07. The zero-order valence-corrected chi connectivity index (χ0v) is 21.4. The Hall–Kier alpha value is -5.55. The fraction of sp³-hybridized carbons (Fsp3) is 0. The maximum absolute atomic E-state index is 6.44. The smallest absolute Gasteiger partial charge is 0.162 e. The van der Waals surface area contributed by atoms with Crippen LogP contribution in [0.1, 0.15) is 0 Å². The predicted octanol–water partition coefficient (Wildman–Crippen LogP) is 8.72. The molecule has 0 aliphatic rings. The quantitative estimate of drug-likeness (QED) is 0.236. The van der Waals surface area contributed by atoms with Crippen molar-refractivity contribution in [3.05, 3.63) is 134 Å². The number of imidazole rings is 1. The summed E-state index contributed by atoms with van der Waals surface area (Å²) in [5.41, 5.74) is 8.62. The van der Waals surface area contributed by atoms with Crippen LogP contribution in [0.5, 0.6) is 0 Å². The third kappa shape index (κ3) is 3.52. The Morgan fingerprint density at radius 3 is 2.10 bits per heavy atom. The molecule has 3 heterocycles. The van der Waals surface area contributed by atoms with Crippen LogP contribution in [-0.4, -0.2) is 19.5 Å². The van der Waals surface area contributed by atoms with Gasteiger partial charge in [-0.05, 0) is 47.5 Å². The van der Waals surface area contributed by atoms with Crippen molar-refractivity contribution in [2.24, 2.45) is 0 Å². The molecule has 0 fully saturated rings. The van der Waals surface area contributed by atoms with Gasteiger partial charge < -0.3 is 4.42 Å². The average molecular weight is 515 g/mol. The van der Waals surface area contributed by atoms with Gasteiger partial charge in [-0.2, -0.15) is 0 Å². The van der Waals surface area contributed by atoms with E-state index in [0.717, 1.165) is 66.7 Å². The maximum Gasteiger partial charge on any atom is 0.162 e. The van der Waals surface area contributed by atoms with Crippen molar-refractivity contribution in [2.75, 3.05) is 0 Å². The molecule has 0 atom stereocenters.